The number of fused-ring (bicyclic) bond motifs is 7. The zero-order valence-corrected chi connectivity index (χ0v) is 30.6. The fourth-order valence-electron chi connectivity index (χ4n) is 8.54. The fourth-order valence-corrected chi connectivity index (χ4v) is 8.54. The molecule has 10 aromatic carbocycles. The third-order valence-electron chi connectivity index (χ3n) is 11.2. The van der Waals surface area contributed by atoms with Gasteiger partial charge in [0.1, 0.15) is 11.2 Å². The number of para-hydroxylation sites is 1. The molecule has 0 saturated carbocycles. The van der Waals surface area contributed by atoms with Gasteiger partial charge >= 0.3 is 0 Å². The Hall–Kier alpha value is -7.42. The number of furan rings is 1. The molecule has 0 spiro atoms. The molecule has 56 heavy (non-hydrogen) atoms. The summed E-state index contributed by atoms with van der Waals surface area (Å²) in [5, 5.41) is 9.70. The average molecular weight is 714 g/mol. The van der Waals surface area contributed by atoms with E-state index in [-0.39, 0.29) is 0 Å². The molecule has 1 heterocycles. The summed E-state index contributed by atoms with van der Waals surface area (Å²) in [5.41, 5.74) is 12.0. The molecule has 11 rings (SSSR count). The average Bonchev–Trinajstić information content (AvgIpc) is 3.67. The van der Waals surface area contributed by atoms with Gasteiger partial charge < -0.3 is 9.32 Å². The molecule has 0 unspecified atom stereocenters. The summed E-state index contributed by atoms with van der Waals surface area (Å²) in [6.07, 6.45) is 0. The maximum Gasteiger partial charge on any atom is 0.143 e. The first-order chi connectivity index (χ1) is 27.8. The highest BCUT2D eigenvalue weighted by Crippen LogP contribution is 2.46. The second-order valence-electron chi connectivity index (χ2n) is 14.5. The minimum Gasteiger partial charge on any atom is -0.455 e. The second-order valence-corrected chi connectivity index (χ2v) is 14.5. The van der Waals surface area contributed by atoms with E-state index in [0.29, 0.717) is 0 Å². The molecule has 0 atom stereocenters. The summed E-state index contributed by atoms with van der Waals surface area (Å²) in [4.78, 5) is 2.37. The van der Waals surface area contributed by atoms with Gasteiger partial charge in [0, 0.05) is 22.3 Å². The van der Waals surface area contributed by atoms with Crippen LogP contribution in [0.1, 0.15) is 0 Å². The highest BCUT2D eigenvalue weighted by atomic mass is 16.3. The van der Waals surface area contributed by atoms with E-state index in [9.17, 15) is 0 Å². The Kier molecular flexibility index (Phi) is 7.53. The number of hydrogen-bond donors (Lipinski definition) is 0. The molecule has 11 aromatic rings. The van der Waals surface area contributed by atoms with Gasteiger partial charge in [0.2, 0.25) is 0 Å². The van der Waals surface area contributed by atoms with Gasteiger partial charge in [-0.15, -0.1) is 0 Å². The summed E-state index contributed by atoms with van der Waals surface area (Å²) >= 11 is 0. The largest absolute Gasteiger partial charge is 0.455 e. The molecule has 0 amide bonds. The number of nitrogens with zero attached hydrogens (tertiary/aromatic N) is 1. The zero-order chi connectivity index (χ0) is 37.0. The van der Waals surface area contributed by atoms with Crippen molar-refractivity contribution in [1.82, 2.24) is 0 Å². The molecule has 0 bridgehead atoms. The third-order valence-corrected chi connectivity index (χ3v) is 11.2. The molecule has 262 valence electrons. The van der Waals surface area contributed by atoms with Crippen LogP contribution in [-0.4, -0.2) is 0 Å². The number of rotatable bonds is 6. The first-order valence-electron chi connectivity index (χ1n) is 19.2. The van der Waals surface area contributed by atoms with Crippen molar-refractivity contribution in [2.45, 2.75) is 0 Å². The van der Waals surface area contributed by atoms with E-state index in [1.54, 1.807) is 0 Å². The molecular weight excluding hydrogens is 679 g/mol. The summed E-state index contributed by atoms with van der Waals surface area (Å²) < 4.78 is 6.74. The lowest BCUT2D eigenvalue weighted by atomic mass is 9.93. The van der Waals surface area contributed by atoms with E-state index in [4.69, 9.17) is 4.42 Å². The van der Waals surface area contributed by atoms with Crippen molar-refractivity contribution < 1.29 is 4.42 Å². The second kappa shape index (κ2) is 13.2. The molecule has 0 aliphatic rings. The Labute approximate surface area is 325 Å². The zero-order valence-electron chi connectivity index (χ0n) is 30.6. The standard InChI is InChI=1S/C54H35NO/c1-2-13-38(14-3-1)46-20-10-21-49-53-51(22-11-23-52(53)56-54(46)49)55(43-30-26-37(27-31-43)41-25-24-36-12-4-5-15-40(36)34-41)44-32-28-39(29-33-44)50-35-42-16-6-7-17-45(42)47-18-8-9-19-48(47)50/h1-35H. The van der Waals surface area contributed by atoms with Gasteiger partial charge in [0.15, 0.2) is 0 Å². The van der Waals surface area contributed by atoms with E-state index < -0.39 is 0 Å². The number of benzene rings is 10. The highest BCUT2D eigenvalue weighted by molar-refractivity contribution is 6.17. The Morgan fingerprint density at radius 2 is 0.911 bits per heavy atom. The number of hydrogen-bond acceptors (Lipinski definition) is 2. The van der Waals surface area contributed by atoms with E-state index in [1.807, 2.05) is 0 Å². The molecule has 0 aliphatic carbocycles. The minimum absolute atomic E-state index is 0.859. The van der Waals surface area contributed by atoms with Crippen LogP contribution < -0.4 is 4.90 Å². The lowest BCUT2D eigenvalue weighted by Crippen LogP contribution is -2.10. The van der Waals surface area contributed by atoms with Crippen molar-refractivity contribution in [2.75, 3.05) is 4.90 Å². The van der Waals surface area contributed by atoms with Gasteiger partial charge in [-0.2, -0.15) is 0 Å². The van der Waals surface area contributed by atoms with E-state index >= 15 is 0 Å². The van der Waals surface area contributed by atoms with Gasteiger partial charge in [-0.3, -0.25) is 0 Å². The molecule has 0 radical (unpaired) electrons. The van der Waals surface area contributed by atoms with Crippen LogP contribution in [0.2, 0.25) is 0 Å². The van der Waals surface area contributed by atoms with E-state index in [1.165, 1.54) is 54.6 Å². The molecule has 0 saturated heterocycles. The maximum atomic E-state index is 6.74. The van der Waals surface area contributed by atoms with Gasteiger partial charge in [0.25, 0.3) is 0 Å². The molecule has 0 N–H and O–H groups in total. The van der Waals surface area contributed by atoms with Crippen LogP contribution in [0.5, 0.6) is 0 Å². The van der Waals surface area contributed by atoms with Gasteiger partial charge in [0.05, 0.1) is 11.1 Å². The Balaban J connectivity index is 1.08. The Morgan fingerprint density at radius 3 is 1.70 bits per heavy atom. The third kappa shape index (κ3) is 5.34. The molecule has 0 fully saturated rings. The summed E-state index contributed by atoms with van der Waals surface area (Å²) in [5.74, 6) is 0. The number of anilines is 3. The maximum absolute atomic E-state index is 6.74. The van der Waals surface area contributed by atoms with Crippen LogP contribution in [0.4, 0.5) is 17.1 Å². The monoisotopic (exact) mass is 713 g/mol. The predicted molar refractivity (Wildman–Crippen MR) is 237 cm³/mol. The molecular formula is C54H35NO. The molecule has 0 aliphatic heterocycles. The summed E-state index contributed by atoms with van der Waals surface area (Å²) in [6, 6.07) is 76.4. The lowest BCUT2D eigenvalue weighted by molar-refractivity contribution is 0.670. The van der Waals surface area contributed by atoms with Gasteiger partial charge in [-0.25, -0.2) is 0 Å². The van der Waals surface area contributed by atoms with Crippen molar-refractivity contribution in [2.24, 2.45) is 0 Å². The SMILES string of the molecule is c1ccc(-c2cccc3c2oc2cccc(N(c4ccc(-c5ccc6ccccc6c5)cc4)c4ccc(-c5cc6ccccc6c6ccccc56)cc4)c23)cc1. The minimum atomic E-state index is 0.859. The first-order valence-corrected chi connectivity index (χ1v) is 19.2. The molecule has 1 aromatic heterocycles. The smallest absolute Gasteiger partial charge is 0.143 e. The molecule has 2 heteroatoms. The normalized spacial score (nSPS) is 11.6. The quantitative estimate of drug-likeness (QED) is 0.160. The van der Waals surface area contributed by atoms with Crippen LogP contribution in [0.3, 0.4) is 0 Å². The topological polar surface area (TPSA) is 16.4 Å². The van der Waals surface area contributed by atoms with E-state index in [0.717, 1.165) is 50.1 Å². The van der Waals surface area contributed by atoms with Crippen molar-refractivity contribution in [3.63, 3.8) is 0 Å². The molecule has 2 nitrogen and oxygen atoms in total. The van der Waals surface area contributed by atoms with Gasteiger partial charge in [-0.1, -0.05) is 164 Å². The highest BCUT2D eigenvalue weighted by Gasteiger charge is 2.21. The first kappa shape index (κ1) is 32.0. The fraction of sp³-hybridized carbons (Fsp3) is 0. The van der Waals surface area contributed by atoms with Crippen LogP contribution in [0.15, 0.2) is 217 Å². The van der Waals surface area contributed by atoms with Crippen molar-refractivity contribution in [3.05, 3.63) is 212 Å². The van der Waals surface area contributed by atoms with Crippen LogP contribution in [0.25, 0.3) is 87.6 Å². The Morgan fingerprint density at radius 1 is 0.321 bits per heavy atom. The van der Waals surface area contributed by atoms with Crippen LogP contribution >= 0.6 is 0 Å². The Bertz CT molecular complexity index is 3230. The van der Waals surface area contributed by atoms with E-state index in [2.05, 4.69) is 217 Å². The van der Waals surface area contributed by atoms with Gasteiger partial charge in [-0.05, 0) is 109 Å². The lowest BCUT2D eigenvalue weighted by Gasteiger charge is -2.27. The van der Waals surface area contributed by atoms with Crippen LogP contribution in [0, 0.1) is 0 Å². The van der Waals surface area contributed by atoms with Crippen LogP contribution in [-0.2, 0) is 0 Å². The van der Waals surface area contributed by atoms with Crippen molar-refractivity contribution >= 4 is 71.3 Å². The summed E-state index contributed by atoms with van der Waals surface area (Å²) in [6.45, 7) is 0. The van der Waals surface area contributed by atoms with Crippen molar-refractivity contribution in [3.8, 4) is 33.4 Å². The van der Waals surface area contributed by atoms with Crippen molar-refractivity contribution in [1.29, 1.82) is 0 Å². The summed E-state index contributed by atoms with van der Waals surface area (Å²) in [7, 11) is 0. The predicted octanol–water partition coefficient (Wildman–Crippen LogP) is 15.5.